The molecule has 0 fully saturated rings. The molecule has 0 aliphatic heterocycles. The molecule has 6 heteroatoms. The number of aliphatic carboxylic acids is 1. The minimum absolute atomic E-state index is 0.0322. The van der Waals surface area contributed by atoms with E-state index in [2.05, 4.69) is 5.32 Å². The average Bonchev–Trinajstić information content (AvgIpc) is 2.26. The van der Waals surface area contributed by atoms with Crippen molar-refractivity contribution >= 4 is 11.9 Å². The minimum Gasteiger partial charge on any atom is -0.481 e. The molecule has 0 saturated carbocycles. The van der Waals surface area contributed by atoms with Crippen LogP contribution in [0.25, 0.3) is 0 Å². The highest BCUT2D eigenvalue weighted by atomic mass is 19.1. The SMILES string of the molecule is O=C(O)CCCCNC(=O)c1cc(F)cc(F)c1. The lowest BCUT2D eigenvalue weighted by Crippen LogP contribution is -2.24. The van der Waals surface area contributed by atoms with Gasteiger partial charge in [0.05, 0.1) is 0 Å². The molecule has 1 amide bonds. The lowest BCUT2D eigenvalue weighted by atomic mass is 10.2. The van der Waals surface area contributed by atoms with Gasteiger partial charge >= 0.3 is 5.97 Å². The molecule has 0 aliphatic rings. The number of carbonyl (C=O) groups excluding carboxylic acids is 1. The summed E-state index contributed by atoms with van der Waals surface area (Å²) in [5.41, 5.74) is -0.0919. The maximum absolute atomic E-state index is 12.8. The van der Waals surface area contributed by atoms with Gasteiger partial charge in [-0.05, 0) is 25.0 Å². The molecule has 0 spiro atoms. The van der Waals surface area contributed by atoms with Crippen LogP contribution in [-0.4, -0.2) is 23.5 Å². The number of nitrogens with one attached hydrogen (secondary N) is 1. The Kier molecular flexibility index (Phi) is 5.23. The van der Waals surface area contributed by atoms with E-state index < -0.39 is 23.5 Å². The molecule has 0 aromatic heterocycles. The largest absolute Gasteiger partial charge is 0.481 e. The summed E-state index contributed by atoms with van der Waals surface area (Å²) in [6.07, 6.45) is 0.966. The quantitative estimate of drug-likeness (QED) is 0.765. The van der Waals surface area contributed by atoms with Gasteiger partial charge in [0.1, 0.15) is 11.6 Å². The fourth-order valence-electron chi connectivity index (χ4n) is 1.39. The van der Waals surface area contributed by atoms with Crippen LogP contribution in [0.5, 0.6) is 0 Å². The highest BCUT2D eigenvalue weighted by molar-refractivity contribution is 5.94. The number of carboxylic acids is 1. The molecule has 0 atom stereocenters. The Hall–Kier alpha value is -1.98. The van der Waals surface area contributed by atoms with Gasteiger partial charge < -0.3 is 10.4 Å². The number of halogens is 2. The summed E-state index contributed by atoms with van der Waals surface area (Å²) in [6, 6.07) is 2.56. The number of hydrogen-bond acceptors (Lipinski definition) is 2. The summed E-state index contributed by atoms with van der Waals surface area (Å²) in [5.74, 6) is -3.10. The normalized spacial score (nSPS) is 10.1. The van der Waals surface area contributed by atoms with Crippen LogP contribution < -0.4 is 5.32 Å². The van der Waals surface area contributed by atoms with Crippen LogP contribution in [0.4, 0.5) is 8.78 Å². The summed E-state index contributed by atoms with van der Waals surface area (Å²) in [5, 5.41) is 10.9. The van der Waals surface area contributed by atoms with Gasteiger partial charge in [0.25, 0.3) is 5.91 Å². The van der Waals surface area contributed by atoms with Gasteiger partial charge in [-0.25, -0.2) is 8.78 Å². The Labute approximate surface area is 103 Å². The van der Waals surface area contributed by atoms with Crippen molar-refractivity contribution in [2.24, 2.45) is 0 Å². The standard InChI is InChI=1S/C12H13F2NO3/c13-9-5-8(6-10(14)7-9)12(18)15-4-2-1-3-11(16)17/h5-7H,1-4H2,(H,15,18)(H,16,17). The van der Waals surface area contributed by atoms with Crippen LogP contribution in [0, 0.1) is 11.6 Å². The predicted molar refractivity (Wildman–Crippen MR) is 60.2 cm³/mol. The highest BCUT2D eigenvalue weighted by Crippen LogP contribution is 2.07. The van der Waals surface area contributed by atoms with Gasteiger partial charge in [0.15, 0.2) is 0 Å². The summed E-state index contributed by atoms with van der Waals surface area (Å²) in [4.78, 5) is 21.7. The van der Waals surface area contributed by atoms with Gasteiger partial charge in [-0.3, -0.25) is 9.59 Å². The van der Waals surface area contributed by atoms with E-state index >= 15 is 0 Å². The number of carboxylic acid groups (broad SMARTS) is 1. The first-order valence-corrected chi connectivity index (χ1v) is 5.45. The van der Waals surface area contributed by atoms with Gasteiger partial charge in [-0.2, -0.15) is 0 Å². The van der Waals surface area contributed by atoms with Crippen molar-refractivity contribution in [2.45, 2.75) is 19.3 Å². The Morgan fingerprint density at radius 1 is 1.11 bits per heavy atom. The number of unbranched alkanes of at least 4 members (excludes halogenated alkanes) is 1. The minimum atomic E-state index is -0.895. The first-order valence-electron chi connectivity index (χ1n) is 5.45. The lowest BCUT2D eigenvalue weighted by Gasteiger charge is -2.05. The van der Waals surface area contributed by atoms with Crippen LogP contribution in [0.2, 0.25) is 0 Å². The molecule has 0 heterocycles. The lowest BCUT2D eigenvalue weighted by molar-refractivity contribution is -0.137. The Bertz CT molecular complexity index is 429. The van der Waals surface area contributed by atoms with Gasteiger partial charge in [0, 0.05) is 24.6 Å². The van der Waals surface area contributed by atoms with E-state index in [1.807, 2.05) is 0 Å². The summed E-state index contributed by atoms with van der Waals surface area (Å²) in [7, 11) is 0. The molecule has 2 N–H and O–H groups in total. The van der Waals surface area contributed by atoms with Gasteiger partial charge in [-0.1, -0.05) is 0 Å². The molecule has 1 rings (SSSR count). The van der Waals surface area contributed by atoms with Crippen molar-refractivity contribution in [3.8, 4) is 0 Å². The summed E-state index contributed by atoms with van der Waals surface area (Å²) >= 11 is 0. The fourth-order valence-corrected chi connectivity index (χ4v) is 1.39. The third kappa shape index (κ3) is 4.90. The van der Waals surface area contributed by atoms with Gasteiger partial charge in [-0.15, -0.1) is 0 Å². The molecule has 18 heavy (non-hydrogen) atoms. The molecule has 4 nitrogen and oxygen atoms in total. The fraction of sp³-hybridized carbons (Fsp3) is 0.333. The van der Waals surface area contributed by atoms with E-state index in [4.69, 9.17) is 5.11 Å². The predicted octanol–water partition coefficient (Wildman–Crippen LogP) is 1.95. The van der Waals surface area contributed by atoms with Crippen molar-refractivity contribution in [1.29, 1.82) is 0 Å². The Morgan fingerprint density at radius 3 is 2.28 bits per heavy atom. The van der Waals surface area contributed by atoms with Crippen LogP contribution in [0.1, 0.15) is 29.6 Å². The number of rotatable bonds is 6. The van der Waals surface area contributed by atoms with Crippen molar-refractivity contribution in [3.05, 3.63) is 35.4 Å². The zero-order valence-corrected chi connectivity index (χ0v) is 9.58. The maximum atomic E-state index is 12.8. The van der Waals surface area contributed by atoms with Crippen LogP contribution in [-0.2, 0) is 4.79 Å². The van der Waals surface area contributed by atoms with E-state index in [0.717, 1.165) is 12.1 Å². The van der Waals surface area contributed by atoms with Crippen molar-refractivity contribution in [1.82, 2.24) is 5.32 Å². The van der Waals surface area contributed by atoms with E-state index in [1.54, 1.807) is 0 Å². The van der Waals surface area contributed by atoms with Crippen molar-refractivity contribution < 1.29 is 23.5 Å². The molecular weight excluding hydrogens is 244 g/mol. The number of benzene rings is 1. The summed E-state index contributed by atoms with van der Waals surface area (Å²) < 4.78 is 25.7. The monoisotopic (exact) mass is 257 g/mol. The zero-order valence-electron chi connectivity index (χ0n) is 9.58. The van der Waals surface area contributed by atoms with Crippen LogP contribution >= 0.6 is 0 Å². The topological polar surface area (TPSA) is 66.4 Å². The molecule has 0 radical (unpaired) electrons. The molecule has 0 bridgehead atoms. The van der Waals surface area contributed by atoms with Crippen LogP contribution in [0.15, 0.2) is 18.2 Å². The molecular formula is C12H13F2NO3. The second-order valence-corrected chi connectivity index (χ2v) is 3.76. The smallest absolute Gasteiger partial charge is 0.303 e. The number of hydrogen-bond donors (Lipinski definition) is 2. The first kappa shape index (κ1) is 14.1. The number of amides is 1. The highest BCUT2D eigenvalue weighted by Gasteiger charge is 2.08. The van der Waals surface area contributed by atoms with Crippen molar-refractivity contribution in [2.75, 3.05) is 6.54 Å². The average molecular weight is 257 g/mol. The van der Waals surface area contributed by atoms with Crippen LogP contribution in [0.3, 0.4) is 0 Å². The second kappa shape index (κ2) is 6.68. The molecule has 0 aliphatic carbocycles. The zero-order chi connectivity index (χ0) is 13.5. The molecule has 1 aromatic carbocycles. The maximum Gasteiger partial charge on any atom is 0.303 e. The van der Waals surface area contributed by atoms with Crippen molar-refractivity contribution in [3.63, 3.8) is 0 Å². The van der Waals surface area contributed by atoms with E-state index in [9.17, 15) is 18.4 Å². The van der Waals surface area contributed by atoms with E-state index in [0.29, 0.717) is 18.9 Å². The van der Waals surface area contributed by atoms with E-state index in [-0.39, 0.29) is 18.5 Å². The third-order valence-corrected chi connectivity index (χ3v) is 2.23. The molecule has 1 aromatic rings. The number of carbonyl (C=O) groups is 2. The second-order valence-electron chi connectivity index (χ2n) is 3.76. The molecule has 0 unspecified atom stereocenters. The van der Waals surface area contributed by atoms with E-state index in [1.165, 1.54) is 0 Å². The molecule has 98 valence electrons. The third-order valence-electron chi connectivity index (χ3n) is 2.23. The Morgan fingerprint density at radius 2 is 1.72 bits per heavy atom. The van der Waals surface area contributed by atoms with Gasteiger partial charge in [0.2, 0.25) is 0 Å². The Balaban J connectivity index is 2.38. The molecule has 0 saturated heterocycles. The first-order chi connectivity index (χ1) is 8.49. The summed E-state index contributed by atoms with van der Waals surface area (Å²) in [6.45, 7) is 0.268.